The Kier molecular flexibility index (Phi) is 4.65. The summed E-state index contributed by atoms with van der Waals surface area (Å²) in [5, 5.41) is 0. The summed E-state index contributed by atoms with van der Waals surface area (Å²) in [6.45, 7) is 13.3. The second-order valence-electron chi connectivity index (χ2n) is 9.08. The van der Waals surface area contributed by atoms with E-state index in [0.717, 1.165) is 0 Å². The van der Waals surface area contributed by atoms with Crippen LogP contribution in [0.4, 0.5) is 0 Å². The topological polar surface area (TPSA) is 0 Å². The molecule has 0 nitrogen and oxygen atoms in total. The highest BCUT2D eigenvalue weighted by atomic mass is 35.8. The highest BCUT2D eigenvalue weighted by molar-refractivity contribution is 7.65. The zero-order chi connectivity index (χ0) is 18.8. The third kappa shape index (κ3) is 3.54. The number of rotatable bonds is 1. The second kappa shape index (κ2) is 6.02. The van der Waals surface area contributed by atoms with Gasteiger partial charge in [0.2, 0.25) is 0 Å². The van der Waals surface area contributed by atoms with Crippen LogP contribution in [0.15, 0.2) is 36.4 Å². The van der Waals surface area contributed by atoms with E-state index >= 15 is 0 Å². The van der Waals surface area contributed by atoms with Gasteiger partial charge in [0.15, 0.2) is 0 Å². The summed E-state index contributed by atoms with van der Waals surface area (Å²) in [4.78, 5) is 0. The molecule has 0 aromatic heterocycles. The first-order chi connectivity index (χ1) is 11.3. The maximum Gasteiger partial charge on any atom is 0.352 e. The molecule has 1 aliphatic carbocycles. The van der Waals surface area contributed by atoms with Crippen molar-refractivity contribution in [1.82, 2.24) is 0 Å². The van der Waals surface area contributed by atoms with E-state index in [1.54, 1.807) is 0 Å². The SMILES string of the molecule is CC(C)(C)c1ccc2c(c1)C([Si](Cl)(Cl)Cl)c1cc(C(C)(C)C)ccc1-2. The van der Waals surface area contributed by atoms with Crippen molar-refractivity contribution < 1.29 is 0 Å². The van der Waals surface area contributed by atoms with Gasteiger partial charge in [0.05, 0.1) is 0 Å². The first-order valence-corrected chi connectivity index (χ1v) is 13.8. The largest absolute Gasteiger partial charge is 0.352 e. The standard InChI is InChI=1S/C21H25Cl3Si/c1-20(2,3)13-7-9-15-16-10-8-14(21(4,5)6)12-18(16)19(17(15)11-13)25(22,23)24/h7-12,19H,1-6H3. The fraction of sp³-hybridized carbons (Fsp3) is 0.429. The summed E-state index contributed by atoms with van der Waals surface area (Å²) in [6.07, 6.45) is 0. The Labute approximate surface area is 166 Å². The lowest BCUT2D eigenvalue weighted by atomic mass is 9.85. The molecule has 0 heterocycles. The van der Waals surface area contributed by atoms with E-state index < -0.39 is 6.00 Å². The summed E-state index contributed by atoms with van der Waals surface area (Å²) in [5.74, 6) is 0. The molecule has 0 saturated carbocycles. The lowest BCUT2D eigenvalue weighted by molar-refractivity contribution is 0.589. The summed E-state index contributed by atoms with van der Waals surface area (Å²) in [7, 11) is 0. The van der Waals surface area contributed by atoms with E-state index in [1.165, 1.54) is 33.4 Å². The highest BCUT2D eigenvalue weighted by Crippen LogP contribution is 2.53. The smallest absolute Gasteiger partial charge is 0.125 e. The zero-order valence-electron chi connectivity index (χ0n) is 15.7. The summed E-state index contributed by atoms with van der Waals surface area (Å²) in [5.41, 5.74) is 7.39. The molecule has 0 bridgehead atoms. The Morgan fingerprint density at radius 3 is 1.32 bits per heavy atom. The van der Waals surface area contributed by atoms with Gasteiger partial charge in [-0.05, 0) is 44.2 Å². The second-order valence-corrected chi connectivity index (χ2v) is 17.8. The van der Waals surface area contributed by atoms with E-state index in [0.29, 0.717) is 0 Å². The third-order valence-electron chi connectivity index (χ3n) is 5.07. The van der Waals surface area contributed by atoms with Crippen molar-refractivity contribution >= 4 is 39.2 Å². The molecule has 4 heteroatoms. The van der Waals surface area contributed by atoms with Crippen LogP contribution >= 0.6 is 33.2 Å². The Bertz CT molecular complexity index is 757. The predicted molar refractivity (Wildman–Crippen MR) is 114 cm³/mol. The van der Waals surface area contributed by atoms with Gasteiger partial charge in [-0.1, -0.05) is 77.9 Å². The predicted octanol–water partition coefficient (Wildman–Crippen LogP) is 7.59. The fourth-order valence-electron chi connectivity index (χ4n) is 3.55. The monoisotopic (exact) mass is 410 g/mol. The van der Waals surface area contributed by atoms with E-state index in [4.69, 9.17) is 33.2 Å². The summed E-state index contributed by atoms with van der Waals surface area (Å²) >= 11 is 19.8. The van der Waals surface area contributed by atoms with Gasteiger partial charge in [-0.15, -0.1) is 33.2 Å². The van der Waals surface area contributed by atoms with Crippen LogP contribution in [0.2, 0.25) is 0 Å². The Balaban J connectivity index is 2.26. The van der Waals surface area contributed by atoms with Crippen molar-refractivity contribution in [2.24, 2.45) is 0 Å². The van der Waals surface area contributed by atoms with Crippen LogP contribution in [0.5, 0.6) is 0 Å². The molecule has 0 amide bonds. The molecule has 0 fully saturated rings. The van der Waals surface area contributed by atoms with Gasteiger partial charge in [0.25, 0.3) is 0 Å². The number of benzene rings is 2. The minimum Gasteiger partial charge on any atom is -0.125 e. The van der Waals surface area contributed by atoms with Crippen LogP contribution in [0, 0.1) is 0 Å². The molecule has 1 aliphatic rings. The first-order valence-electron chi connectivity index (χ1n) is 8.66. The molecular formula is C21H25Cl3Si. The van der Waals surface area contributed by atoms with Gasteiger partial charge in [0.1, 0.15) is 0 Å². The van der Waals surface area contributed by atoms with E-state index in [1.807, 2.05) is 0 Å². The molecule has 0 atom stereocenters. The van der Waals surface area contributed by atoms with E-state index in [2.05, 4.69) is 77.9 Å². The van der Waals surface area contributed by atoms with Crippen molar-refractivity contribution in [1.29, 1.82) is 0 Å². The van der Waals surface area contributed by atoms with Crippen molar-refractivity contribution in [3.63, 3.8) is 0 Å². The van der Waals surface area contributed by atoms with Crippen molar-refractivity contribution in [2.45, 2.75) is 57.9 Å². The van der Waals surface area contributed by atoms with Crippen LogP contribution in [-0.4, -0.2) is 6.00 Å². The molecule has 134 valence electrons. The van der Waals surface area contributed by atoms with Crippen LogP contribution in [0.1, 0.15) is 69.3 Å². The maximum absolute atomic E-state index is 6.60. The molecule has 25 heavy (non-hydrogen) atoms. The number of hydrogen-bond acceptors (Lipinski definition) is 0. The minimum absolute atomic E-state index is 0.0695. The van der Waals surface area contributed by atoms with Crippen LogP contribution in [0.3, 0.4) is 0 Å². The van der Waals surface area contributed by atoms with Crippen LogP contribution in [-0.2, 0) is 10.8 Å². The van der Waals surface area contributed by atoms with Gasteiger partial charge in [-0.3, -0.25) is 0 Å². The Hall–Kier alpha value is -0.473. The maximum atomic E-state index is 6.60. The fourth-order valence-corrected chi connectivity index (χ4v) is 6.85. The molecule has 0 saturated heterocycles. The van der Waals surface area contributed by atoms with Crippen molar-refractivity contribution in [3.8, 4) is 11.1 Å². The van der Waals surface area contributed by atoms with E-state index in [9.17, 15) is 0 Å². The molecule has 0 spiro atoms. The highest BCUT2D eigenvalue weighted by Gasteiger charge is 2.45. The van der Waals surface area contributed by atoms with Gasteiger partial charge >= 0.3 is 6.00 Å². The van der Waals surface area contributed by atoms with Gasteiger partial charge in [0, 0.05) is 5.54 Å². The molecular weight excluding hydrogens is 387 g/mol. The Morgan fingerprint density at radius 1 is 0.680 bits per heavy atom. The quantitative estimate of drug-likeness (QED) is 0.335. The molecule has 3 rings (SSSR count). The first kappa shape index (κ1) is 19.3. The lowest BCUT2D eigenvalue weighted by Gasteiger charge is -2.25. The summed E-state index contributed by atoms with van der Waals surface area (Å²) < 4.78 is 0. The molecule has 0 aliphatic heterocycles. The number of hydrogen-bond donors (Lipinski definition) is 0. The normalized spacial score (nSPS) is 15.2. The van der Waals surface area contributed by atoms with Gasteiger partial charge in [-0.2, -0.15) is 0 Å². The van der Waals surface area contributed by atoms with Crippen molar-refractivity contribution in [3.05, 3.63) is 58.7 Å². The van der Waals surface area contributed by atoms with Crippen LogP contribution < -0.4 is 0 Å². The minimum atomic E-state index is -2.97. The number of fused-ring (bicyclic) bond motifs is 3. The van der Waals surface area contributed by atoms with E-state index in [-0.39, 0.29) is 16.4 Å². The zero-order valence-corrected chi connectivity index (χ0v) is 18.9. The van der Waals surface area contributed by atoms with Crippen LogP contribution in [0.25, 0.3) is 11.1 Å². The molecule has 0 unspecified atom stereocenters. The van der Waals surface area contributed by atoms with Gasteiger partial charge in [-0.25, -0.2) is 0 Å². The number of halogens is 3. The van der Waals surface area contributed by atoms with Crippen molar-refractivity contribution in [2.75, 3.05) is 0 Å². The lowest BCUT2D eigenvalue weighted by Crippen LogP contribution is -2.23. The Morgan fingerprint density at radius 2 is 1.04 bits per heavy atom. The molecule has 2 aromatic carbocycles. The molecule has 2 aromatic rings. The molecule has 0 radical (unpaired) electrons. The summed E-state index contributed by atoms with van der Waals surface area (Å²) in [6, 6.07) is 10.4. The molecule has 0 N–H and O–H groups in total. The van der Waals surface area contributed by atoms with Gasteiger partial charge < -0.3 is 0 Å². The average Bonchev–Trinajstić information content (AvgIpc) is 2.77. The third-order valence-corrected chi connectivity index (χ3v) is 8.32. The average molecular weight is 412 g/mol.